The lowest BCUT2D eigenvalue weighted by Gasteiger charge is -2.25. The molecule has 2 aliphatic rings. The normalized spacial score (nSPS) is 48.7. The molecule has 2 heteroatoms. The number of carbonyl (C=O) groups is 1. The molecule has 0 aliphatic heterocycles. The van der Waals surface area contributed by atoms with Gasteiger partial charge in [0.25, 0.3) is 0 Å². The Hall–Kier alpha value is -0.370. The van der Waals surface area contributed by atoms with Gasteiger partial charge in [0.15, 0.2) is 0 Å². The minimum atomic E-state index is 0.273. The van der Waals surface area contributed by atoms with Crippen molar-refractivity contribution in [3.8, 4) is 0 Å². The van der Waals surface area contributed by atoms with Crippen LogP contribution in [0.1, 0.15) is 19.8 Å². The van der Waals surface area contributed by atoms with Gasteiger partial charge in [-0.3, -0.25) is 4.79 Å². The summed E-state index contributed by atoms with van der Waals surface area (Å²) in [4.78, 5) is 11.2. The van der Waals surface area contributed by atoms with E-state index in [9.17, 15) is 4.79 Å². The number of rotatable bonds is 1. The zero-order chi connectivity index (χ0) is 8.01. The van der Waals surface area contributed by atoms with E-state index in [1.54, 1.807) is 0 Å². The average molecular weight is 154 g/mol. The van der Waals surface area contributed by atoms with Gasteiger partial charge in [0.2, 0.25) is 0 Å². The Morgan fingerprint density at radius 3 is 2.82 bits per heavy atom. The highest BCUT2D eigenvalue weighted by Gasteiger charge is 2.49. The van der Waals surface area contributed by atoms with E-state index in [1.165, 1.54) is 0 Å². The first-order valence-electron chi connectivity index (χ1n) is 4.37. The lowest BCUT2D eigenvalue weighted by atomic mass is 9.80. The van der Waals surface area contributed by atoms with Gasteiger partial charge < -0.3 is 5.11 Å². The van der Waals surface area contributed by atoms with Crippen LogP contribution in [0.15, 0.2) is 0 Å². The van der Waals surface area contributed by atoms with Gasteiger partial charge in [0, 0.05) is 18.9 Å². The molecule has 1 N–H and O–H groups in total. The van der Waals surface area contributed by atoms with Crippen molar-refractivity contribution in [1.82, 2.24) is 0 Å². The van der Waals surface area contributed by atoms with Gasteiger partial charge in [0.1, 0.15) is 5.78 Å². The standard InChI is InChI=1S/C9H14O2/c1-5-7-2-6(3-9(7)11)8(5)4-10/h5-8,10H,2-4H2,1H3/t5-,6-,7-,8?/m1/s1. The summed E-state index contributed by atoms with van der Waals surface area (Å²) in [6, 6.07) is 0. The highest BCUT2D eigenvalue weighted by Crippen LogP contribution is 2.49. The number of aliphatic hydroxyl groups is 1. The summed E-state index contributed by atoms with van der Waals surface area (Å²) in [5, 5.41) is 9.03. The van der Waals surface area contributed by atoms with Crippen LogP contribution >= 0.6 is 0 Å². The van der Waals surface area contributed by atoms with Gasteiger partial charge in [-0.1, -0.05) is 6.92 Å². The Morgan fingerprint density at radius 2 is 2.36 bits per heavy atom. The number of hydrogen-bond donors (Lipinski definition) is 1. The van der Waals surface area contributed by atoms with E-state index >= 15 is 0 Å². The van der Waals surface area contributed by atoms with Crippen LogP contribution in [0.3, 0.4) is 0 Å². The average Bonchev–Trinajstić information content (AvgIpc) is 2.44. The minimum absolute atomic E-state index is 0.273. The number of aliphatic hydroxyl groups excluding tert-OH is 1. The summed E-state index contributed by atoms with van der Waals surface area (Å²) in [7, 11) is 0. The summed E-state index contributed by atoms with van der Waals surface area (Å²) in [6.45, 7) is 2.37. The number of Topliss-reactive ketones (excluding diaryl/α,β-unsaturated/α-hetero) is 1. The summed E-state index contributed by atoms with van der Waals surface area (Å²) < 4.78 is 0. The molecule has 2 fully saturated rings. The Balaban J connectivity index is 2.17. The molecule has 0 aromatic heterocycles. The van der Waals surface area contributed by atoms with Crippen LogP contribution in [-0.4, -0.2) is 17.5 Å². The SMILES string of the molecule is C[C@H]1C(CO)[C@H]2CC(=O)[C@@H]1C2. The molecule has 0 aromatic rings. The van der Waals surface area contributed by atoms with Gasteiger partial charge in [0.05, 0.1) is 0 Å². The Bertz CT molecular complexity index is 186. The monoisotopic (exact) mass is 154 g/mol. The van der Waals surface area contributed by atoms with Crippen molar-refractivity contribution in [3.05, 3.63) is 0 Å². The lowest BCUT2D eigenvalue weighted by molar-refractivity contribution is -0.124. The van der Waals surface area contributed by atoms with Crippen LogP contribution in [0.25, 0.3) is 0 Å². The molecule has 2 saturated carbocycles. The van der Waals surface area contributed by atoms with Crippen LogP contribution in [-0.2, 0) is 4.79 Å². The topological polar surface area (TPSA) is 37.3 Å². The zero-order valence-corrected chi connectivity index (χ0v) is 6.79. The summed E-state index contributed by atoms with van der Waals surface area (Å²) in [5.41, 5.74) is 0. The first kappa shape index (κ1) is 7.29. The quantitative estimate of drug-likeness (QED) is 0.607. The maximum absolute atomic E-state index is 11.2. The Labute approximate surface area is 66.6 Å². The van der Waals surface area contributed by atoms with Crippen molar-refractivity contribution in [2.75, 3.05) is 6.61 Å². The molecule has 4 atom stereocenters. The van der Waals surface area contributed by atoms with Crippen molar-refractivity contribution in [1.29, 1.82) is 0 Å². The summed E-state index contributed by atoms with van der Waals surface area (Å²) >= 11 is 0. The van der Waals surface area contributed by atoms with Crippen molar-refractivity contribution >= 4 is 5.78 Å². The molecule has 2 bridgehead atoms. The highest BCUT2D eigenvalue weighted by molar-refractivity contribution is 5.84. The second-order valence-corrected chi connectivity index (χ2v) is 3.98. The Morgan fingerprint density at radius 1 is 1.64 bits per heavy atom. The van der Waals surface area contributed by atoms with Crippen LogP contribution in [0.2, 0.25) is 0 Å². The van der Waals surface area contributed by atoms with Gasteiger partial charge in [-0.2, -0.15) is 0 Å². The largest absolute Gasteiger partial charge is 0.396 e. The highest BCUT2D eigenvalue weighted by atomic mass is 16.3. The Kier molecular flexibility index (Phi) is 1.53. The predicted molar refractivity (Wildman–Crippen MR) is 41.0 cm³/mol. The summed E-state index contributed by atoms with van der Waals surface area (Å²) in [6.07, 6.45) is 1.78. The smallest absolute Gasteiger partial charge is 0.136 e. The lowest BCUT2D eigenvalue weighted by Crippen LogP contribution is -2.28. The van der Waals surface area contributed by atoms with Crippen LogP contribution < -0.4 is 0 Å². The van der Waals surface area contributed by atoms with E-state index in [1.807, 2.05) is 0 Å². The number of ketones is 1. The number of carbonyl (C=O) groups excluding carboxylic acids is 1. The first-order valence-corrected chi connectivity index (χ1v) is 4.37. The third-order valence-electron chi connectivity index (χ3n) is 3.56. The molecule has 2 nitrogen and oxygen atoms in total. The van der Waals surface area contributed by atoms with E-state index < -0.39 is 0 Å². The van der Waals surface area contributed by atoms with Gasteiger partial charge in [-0.15, -0.1) is 0 Å². The van der Waals surface area contributed by atoms with E-state index in [0.717, 1.165) is 12.8 Å². The maximum Gasteiger partial charge on any atom is 0.136 e. The molecule has 0 amide bonds. The molecule has 1 unspecified atom stereocenters. The number of hydrogen-bond acceptors (Lipinski definition) is 2. The first-order chi connectivity index (χ1) is 5.24. The fraction of sp³-hybridized carbons (Fsp3) is 0.889. The molecule has 2 rings (SSSR count). The molecule has 0 saturated heterocycles. The van der Waals surface area contributed by atoms with E-state index in [0.29, 0.717) is 23.5 Å². The molecule has 11 heavy (non-hydrogen) atoms. The van der Waals surface area contributed by atoms with Crippen molar-refractivity contribution in [2.24, 2.45) is 23.7 Å². The molecule has 0 aromatic carbocycles. The molecule has 62 valence electrons. The van der Waals surface area contributed by atoms with Crippen molar-refractivity contribution < 1.29 is 9.90 Å². The minimum Gasteiger partial charge on any atom is -0.396 e. The molecule has 0 radical (unpaired) electrons. The van der Waals surface area contributed by atoms with Crippen LogP contribution in [0.5, 0.6) is 0 Å². The van der Waals surface area contributed by atoms with Crippen molar-refractivity contribution in [3.63, 3.8) is 0 Å². The maximum atomic E-state index is 11.2. The van der Waals surface area contributed by atoms with Gasteiger partial charge in [-0.25, -0.2) is 0 Å². The van der Waals surface area contributed by atoms with Gasteiger partial charge >= 0.3 is 0 Å². The third-order valence-corrected chi connectivity index (χ3v) is 3.56. The van der Waals surface area contributed by atoms with E-state index in [4.69, 9.17) is 5.11 Å². The molecule has 0 spiro atoms. The summed E-state index contributed by atoms with van der Waals surface area (Å²) in [5.74, 6) is 2.08. The second-order valence-electron chi connectivity index (χ2n) is 3.98. The van der Waals surface area contributed by atoms with Crippen molar-refractivity contribution in [2.45, 2.75) is 19.8 Å². The molecule has 2 aliphatic carbocycles. The third kappa shape index (κ3) is 0.853. The molecular formula is C9H14O2. The zero-order valence-electron chi connectivity index (χ0n) is 6.79. The van der Waals surface area contributed by atoms with Crippen LogP contribution in [0.4, 0.5) is 0 Å². The fourth-order valence-electron chi connectivity index (χ4n) is 2.83. The fourth-order valence-corrected chi connectivity index (χ4v) is 2.83. The molecular weight excluding hydrogens is 140 g/mol. The van der Waals surface area contributed by atoms with Gasteiger partial charge in [-0.05, 0) is 24.2 Å². The predicted octanol–water partition coefficient (Wildman–Crippen LogP) is 0.840. The van der Waals surface area contributed by atoms with E-state index in [2.05, 4.69) is 6.92 Å². The number of fused-ring (bicyclic) bond motifs is 2. The molecule has 0 heterocycles. The van der Waals surface area contributed by atoms with Crippen LogP contribution in [0, 0.1) is 23.7 Å². The second kappa shape index (κ2) is 2.31. The van der Waals surface area contributed by atoms with E-state index in [-0.39, 0.29) is 12.5 Å².